The van der Waals surface area contributed by atoms with E-state index in [1.807, 2.05) is 0 Å². The molecule has 5 aliphatic carbocycles. The van der Waals surface area contributed by atoms with Gasteiger partial charge >= 0.3 is 0 Å². The maximum atomic E-state index is 2.96. The number of hydrogen-bond acceptors (Lipinski definition) is 3. The molecule has 1 aromatic heterocycles. The van der Waals surface area contributed by atoms with Gasteiger partial charge in [-0.05, 0) is 193 Å². The lowest BCUT2D eigenvalue weighted by Gasteiger charge is -2.52. The summed E-state index contributed by atoms with van der Waals surface area (Å²) < 4.78 is 1.59. The second-order valence-electron chi connectivity index (χ2n) is 28.1. The van der Waals surface area contributed by atoms with Gasteiger partial charge in [-0.25, -0.2) is 0 Å². The van der Waals surface area contributed by atoms with Crippen molar-refractivity contribution in [3.8, 4) is 0 Å². The number of allylic oxidation sites excluding steroid dienone is 2. The van der Waals surface area contributed by atoms with E-state index in [1.165, 1.54) is 102 Å². The van der Waals surface area contributed by atoms with Crippen LogP contribution >= 0.6 is 11.3 Å². The molecule has 0 spiro atoms. The van der Waals surface area contributed by atoms with Crippen LogP contribution in [0.2, 0.25) is 0 Å². The highest BCUT2D eigenvalue weighted by atomic mass is 32.1. The monoisotopic (exact) mass is 897 g/mol. The first-order valence-corrected chi connectivity index (χ1v) is 27.0. The van der Waals surface area contributed by atoms with Crippen molar-refractivity contribution in [2.75, 3.05) is 9.80 Å². The van der Waals surface area contributed by atoms with Crippen LogP contribution in [0.3, 0.4) is 0 Å². The van der Waals surface area contributed by atoms with Gasteiger partial charge in [0, 0.05) is 32.4 Å². The predicted octanol–water partition coefficient (Wildman–Crippen LogP) is 15.6. The molecule has 348 valence electrons. The first kappa shape index (κ1) is 45.0. The van der Waals surface area contributed by atoms with E-state index in [9.17, 15) is 0 Å². The quantitative estimate of drug-likeness (QED) is 0.163. The fourth-order valence-electron chi connectivity index (χ4n) is 14.6. The average molecular weight is 897 g/mol. The average Bonchev–Trinajstić information content (AvgIpc) is 3.65. The third-order valence-corrected chi connectivity index (χ3v) is 21.1. The van der Waals surface area contributed by atoms with Crippen molar-refractivity contribution in [2.24, 2.45) is 16.7 Å². The molecule has 4 aromatic rings. The van der Waals surface area contributed by atoms with Gasteiger partial charge in [0.1, 0.15) is 0 Å². The number of rotatable bonds is 2. The molecular weight excluding hydrogens is 816 g/mol. The molecule has 0 radical (unpaired) electrons. The van der Waals surface area contributed by atoms with Gasteiger partial charge in [0.15, 0.2) is 0 Å². The van der Waals surface area contributed by atoms with Crippen molar-refractivity contribution in [3.63, 3.8) is 0 Å². The van der Waals surface area contributed by atoms with Crippen LogP contribution in [-0.4, -0.2) is 12.8 Å². The third-order valence-electron chi connectivity index (χ3n) is 19.5. The van der Waals surface area contributed by atoms with Crippen LogP contribution in [0, 0.1) is 23.7 Å². The standard InChI is InChI=1S/C62H81BN2S/c1-36-29-48-51-49(30-36)65(46-34-43-40(31-37(46)2)56(5,6)23-25-59(43,11)12)52-50-53(62(17,18)28-27-61(50,15)16)66-54(52)63(51)45-33-42-44(60(13,14)26-24-58(42,9)10)35-47(45)64(48)38-19-20-39-41(32-38)57(7,8)22-21-55(39,3)4/h19-20,29-35,37,46H,21-28H2,1-18H3. The molecule has 2 aliphatic heterocycles. The summed E-state index contributed by atoms with van der Waals surface area (Å²) in [6, 6.07) is 18.5. The smallest absolute Gasteiger partial charge is 0.264 e. The van der Waals surface area contributed by atoms with E-state index in [0.717, 1.165) is 0 Å². The maximum absolute atomic E-state index is 2.96. The van der Waals surface area contributed by atoms with Gasteiger partial charge in [0.25, 0.3) is 6.71 Å². The van der Waals surface area contributed by atoms with Crippen molar-refractivity contribution in [1.29, 1.82) is 0 Å². The lowest BCUT2D eigenvalue weighted by molar-refractivity contribution is 0.253. The normalized spacial score (nSPS) is 26.9. The first-order chi connectivity index (χ1) is 30.5. The zero-order chi connectivity index (χ0) is 47.4. The second-order valence-corrected chi connectivity index (χ2v) is 29.2. The van der Waals surface area contributed by atoms with Gasteiger partial charge in [0.2, 0.25) is 0 Å². The second kappa shape index (κ2) is 13.6. The topological polar surface area (TPSA) is 6.48 Å². The number of hydrogen-bond donors (Lipinski definition) is 0. The van der Waals surface area contributed by atoms with E-state index in [-0.39, 0.29) is 56.1 Å². The summed E-state index contributed by atoms with van der Waals surface area (Å²) >= 11 is 2.20. The molecule has 3 aromatic carbocycles. The summed E-state index contributed by atoms with van der Waals surface area (Å²) in [7, 11) is 0. The van der Waals surface area contributed by atoms with Gasteiger partial charge in [-0.15, -0.1) is 0 Å². The number of fused-ring (bicyclic) bond motifs is 9. The summed E-state index contributed by atoms with van der Waals surface area (Å²) in [6.07, 6.45) is 15.3. The lowest BCUT2D eigenvalue weighted by Crippen LogP contribution is -2.63. The summed E-state index contributed by atoms with van der Waals surface area (Å²) in [5, 5.41) is 0. The van der Waals surface area contributed by atoms with Crippen LogP contribution in [-0.2, 0) is 32.5 Å². The number of benzene rings is 3. The molecule has 0 saturated heterocycles. The van der Waals surface area contributed by atoms with Gasteiger partial charge in [0.05, 0.1) is 11.7 Å². The van der Waals surface area contributed by atoms with Crippen molar-refractivity contribution in [3.05, 3.63) is 104 Å². The molecule has 2 atom stereocenters. The zero-order valence-electron chi connectivity index (χ0n) is 44.4. The Kier molecular flexibility index (Phi) is 9.29. The molecule has 4 heteroatoms. The van der Waals surface area contributed by atoms with Gasteiger partial charge in [-0.3, -0.25) is 0 Å². The highest BCUT2D eigenvalue weighted by Gasteiger charge is 2.54. The van der Waals surface area contributed by atoms with E-state index in [1.54, 1.807) is 43.2 Å². The van der Waals surface area contributed by atoms with E-state index < -0.39 is 0 Å². The van der Waals surface area contributed by atoms with E-state index in [0.29, 0.717) is 5.92 Å². The zero-order valence-corrected chi connectivity index (χ0v) is 45.2. The lowest BCUT2D eigenvalue weighted by atomic mass is 9.35. The molecule has 0 bridgehead atoms. The summed E-state index contributed by atoms with van der Waals surface area (Å²) in [4.78, 5) is 7.37. The Morgan fingerprint density at radius 1 is 0.515 bits per heavy atom. The Hall–Kier alpha value is -3.50. The molecule has 2 nitrogen and oxygen atoms in total. The molecule has 66 heavy (non-hydrogen) atoms. The van der Waals surface area contributed by atoms with Crippen LogP contribution in [0.4, 0.5) is 28.4 Å². The molecule has 3 heterocycles. The summed E-state index contributed by atoms with van der Waals surface area (Å²) in [6.45, 7) is 45.4. The molecule has 1 fully saturated rings. The third kappa shape index (κ3) is 6.23. The number of thiophene rings is 1. The minimum Gasteiger partial charge on any atom is -0.334 e. The van der Waals surface area contributed by atoms with Crippen molar-refractivity contribution in [2.45, 2.75) is 215 Å². The van der Waals surface area contributed by atoms with Crippen molar-refractivity contribution >= 4 is 62.2 Å². The minimum absolute atomic E-state index is 0.0601. The van der Waals surface area contributed by atoms with Crippen LogP contribution in [0.15, 0.2) is 65.8 Å². The Balaban J connectivity index is 1.26. The Morgan fingerprint density at radius 3 is 1.64 bits per heavy atom. The van der Waals surface area contributed by atoms with Crippen LogP contribution < -0.4 is 25.5 Å². The van der Waals surface area contributed by atoms with Gasteiger partial charge < -0.3 is 9.80 Å². The molecule has 2 unspecified atom stereocenters. The maximum Gasteiger partial charge on any atom is 0.264 e. The summed E-state index contributed by atoms with van der Waals surface area (Å²) in [5.41, 5.74) is 23.4. The molecule has 0 N–H and O–H groups in total. The van der Waals surface area contributed by atoms with Crippen LogP contribution in [0.25, 0.3) is 0 Å². The first-order valence-electron chi connectivity index (χ1n) is 26.2. The Labute approximate surface area is 405 Å². The molecule has 7 aliphatic rings. The van der Waals surface area contributed by atoms with Crippen LogP contribution in [0.1, 0.15) is 207 Å². The van der Waals surface area contributed by atoms with Gasteiger partial charge in [-0.1, -0.05) is 142 Å². The fraction of sp³-hybridized carbons (Fsp3) is 0.581. The largest absolute Gasteiger partial charge is 0.334 e. The minimum atomic E-state index is 0.0601. The van der Waals surface area contributed by atoms with Gasteiger partial charge in [-0.2, -0.15) is 11.3 Å². The molecular formula is C62H81BN2S. The Bertz CT molecular complexity index is 2830. The van der Waals surface area contributed by atoms with E-state index >= 15 is 0 Å². The number of anilines is 5. The highest BCUT2D eigenvalue weighted by molar-refractivity contribution is 7.29. The van der Waals surface area contributed by atoms with Crippen molar-refractivity contribution in [1.82, 2.24) is 0 Å². The summed E-state index contributed by atoms with van der Waals surface area (Å²) in [5.74, 6) is 0.348. The fourth-order valence-corrected chi connectivity index (χ4v) is 16.3. The number of aryl methyl sites for hydroxylation is 1. The van der Waals surface area contributed by atoms with E-state index in [2.05, 4.69) is 200 Å². The molecule has 1 saturated carbocycles. The SMILES string of the molecule is Cc1cc2c3c(c1)N(C1C=C4C(=CC1C)C(C)(C)CCC4(C)C)c1c(sc4c1C(C)(C)CCC4(C)C)B3c1cc3c(cc1N2c1ccc2c(c1)C(C)(C)CCC2(C)C)C(C)(C)CCC3(C)C. The van der Waals surface area contributed by atoms with Crippen molar-refractivity contribution < 1.29 is 0 Å². The van der Waals surface area contributed by atoms with E-state index in [4.69, 9.17) is 0 Å². The molecule has 11 rings (SSSR count). The Morgan fingerprint density at radius 2 is 1.02 bits per heavy atom. The number of nitrogens with zero attached hydrogens (tertiary/aromatic N) is 2. The predicted molar refractivity (Wildman–Crippen MR) is 289 cm³/mol. The molecule has 0 amide bonds. The van der Waals surface area contributed by atoms with Crippen LogP contribution in [0.5, 0.6) is 0 Å². The highest BCUT2D eigenvalue weighted by Crippen LogP contribution is 2.59.